The Morgan fingerprint density at radius 3 is 2.57 bits per heavy atom. The maximum atomic E-state index is 5.50. The van der Waals surface area contributed by atoms with Gasteiger partial charge in [0.2, 0.25) is 0 Å². The molecule has 0 unspecified atom stereocenters. The van der Waals surface area contributed by atoms with E-state index in [4.69, 9.17) is 5.73 Å². The number of likely N-dealkylation sites (N-methyl/N-ethyl adjacent to an activating group) is 2. The van der Waals surface area contributed by atoms with E-state index in [1.165, 1.54) is 0 Å². The number of hydrogen-bond donors (Lipinski definition) is 1. The molecule has 2 N–H and O–H groups in total. The van der Waals surface area contributed by atoms with Crippen molar-refractivity contribution >= 4 is 16.5 Å². The van der Waals surface area contributed by atoms with E-state index in [0.717, 1.165) is 23.9 Å². The van der Waals surface area contributed by atoms with Crippen LogP contribution >= 0.6 is 11.3 Å². The standard InChI is InChI=1S/C9H18N4S/c1-12(2)4-5-13(3)9-11-8(6-10)7-14-9/h7H,4-6,10H2,1-3H3. The van der Waals surface area contributed by atoms with Crippen LogP contribution in [0.2, 0.25) is 0 Å². The van der Waals surface area contributed by atoms with Crippen molar-refractivity contribution in [1.82, 2.24) is 9.88 Å². The molecule has 1 heterocycles. The van der Waals surface area contributed by atoms with E-state index in [1.54, 1.807) is 11.3 Å². The fourth-order valence-corrected chi connectivity index (χ4v) is 1.84. The van der Waals surface area contributed by atoms with E-state index in [-0.39, 0.29) is 0 Å². The highest BCUT2D eigenvalue weighted by Gasteiger charge is 2.05. The molecule has 0 saturated carbocycles. The monoisotopic (exact) mass is 214 g/mol. The molecule has 0 aliphatic rings. The molecule has 0 fully saturated rings. The molecule has 0 spiro atoms. The lowest BCUT2D eigenvalue weighted by atomic mass is 10.5. The Bertz CT molecular complexity index is 272. The van der Waals surface area contributed by atoms with E-state index >= 15 is 0 Å². The van der Waals surface area contributed by atoms with Crippen LogP contribution in [0.4, 0.5) is 5.13 Å². The molecule has 1 aromatic rings. The smallest absolute Gasteiger partial charge is 0.185 e. The fourth-order valence-electron chi connectivity index (χ4n) is 1.01. The van der Waals surface area contributed by atoms with E-state index < -0.39 is 0 Å². The molecule has 0 aromatic carbocycles. The normalized spacial score (nSPS) is 10.9. The largest absolute Gasteiger partial charge is 0.350 e. The minimum Gasteiger partial charge on any atom is -0.350 e. The Labute approximate surface area is 89.3 Å². The van der Waals surface area contributed by atoms with Crippen LogP contribution in [-0.2, 0) is 6.54 Å². The SMILES string of the molecule is CN(C)CCN(C)c1nc(CN)cs1. The van der Waals surface area contributed by atoms with Crippen molar-refractivity contribution in [2.75, 3.05) is 39.1 Å². The summed E-state index contributed by atoms with van der Waals surface area (Å²) in [6.07, 6.45) is 0. The van der Waals surface area contributed by atoms with E-state index in [1.807, 2.05) is 5.38 Å². The number of anilines is 1. The van der Waals surface area contributed by atoms with Gasteiger partial charge in [0.25, 0.3) is 0 Å². The Hall–Kier alpha value is -0.650. The second-order valence-corrected chi connectivity index (χ2v) is 4.39. The van der Waals surface area contributed by atoms with Crippen LogP contribution in [0.15, 0.2) is 5.38 Å². The van der Waals surface area contributed by atoms with Crippen LogP contribution in [0.3, 0.4) is 0 Å². The maximum absolute atomic E-state index is 5.50. The number of nitrogens with zero attached hydrogens (tertiary/aromatic N) is 3. The molecule has 1 rings (SSSR count). The fraction of sp³-hybridized carbons (Fsp3) is 0.667. The predicted molar refractivity (Wildman–Crippen MR) is 61.8 cm³/mol. The molecular weight excluding hydrogens is 196 g/mol. The van der Waals surface area contributed by atoms with Crippen molar-refractivity contribution in [3.8, 4) is 0 Å². The summed E-state index contributed by atoms with van der Waals surface area (Å²) in [7, 11) is 6.20. The van der Waals surface area contributed by atoms with Gasteiger partial charge in [-0.25, -0.2) is 4.98 Å². The first-order valence-electron chi connectivity index (χ1n) is 4.64. The summed E-state index contributed by atoms with van der Waals surface area (Å²) in [5.41, 5.74) is 6.48. The summed E-state index contributed by atoms with van der Waals surface area (Å²) >= 11 is 1.65. The molecule has 0 amide bonds. The van der Waals surface area contributed by atoms with Gasteiger partial charge >= 0.3 is 0 Å². The van der Waals surface area contributed by atoms with Gasteiger partial charge in [-0.05, 0) is 14.1 Å². The first-order chi connectivity index (χ1) is 6.63. The van der Waals surface area contributed by atoms with Gasteiger partial charge in [-0.1, -0.05) is 0 Å². The molecule has 14 heavy (non-hydrogen) atoms. The topological polar surface area (TPSA) is 45.4 Å². The Balaban J connectivity index is 2.47. The van der Waals surface area contributed by atoms with Gasteiger partial charge in [0.1, 0.15) is 0 Å². The molecule has 4 nitrogen and oxygen atoms in total. The first kappa shape index (κ1) is 11.4. The van der Waals surface area contributed by atoms with Crippen molar-refractivity contribution in [1.29, 1.82) is 0 Å². The van der Waals surface area contributed by atoms with Gasteiger partial charge in [-0.15, -0.1) is 11.3 Å². The highest BCUT2D eigenvalue weighted by Crippen LogP contribution is 2.18. The van der Waals surface area contributed by atoms with Gasteiger partial charge in [0, 0.05) is 32.1 Å². The second kappa shape index (κ2) is 5.29. The number of thiazole rings is 1. The van der Waals surface area contributed by atoms with Crippen LogP contribution in [-0.4, -0.2) is 44.1 Å². The zero-order valence-electron chi connectivity index (χ0n) is 9.03. The molecule has 80 valence electrons. The van der Waals surface area contributed by atoms with Gasteiger partial charge in [0.05, 0.1) is 5.69 Å². The van der Waals surface area contributed by atoms with E-state index in [9.17, 15) is 0 Å². The number of aromatic nitrogens is 1. The third-order valence-corrected chi connectivity index (χ3v) is 2.96. The molecule has 0 aliphatic carbocycles. The summed E-state index contributed by atoms with van der Waals surface area (Å²) in [5, 5.41) is 3.06. The molecule has 5 heteroatoms. The Morgan fingerprint density at radius 1 is 1.36 bits per heavy atom. The third kappa shape index (κ3) is 3.25. The molecule has 1 aromatic heterocycles. The van der Waals surface area contributed by atoms with Crippen molar-refractivity contribution in [2.45, 2.75) is 6.54 Å². The Morgan fingerprint density at radius 2 is 2.07 bits per heavy atom. The zero-order valence-corrected chi connectivity index (χ0v) is 9.84. The molecular formula is C9H18N4S. The molecule has 0 saturated heterocycles. The minimum atomic E-state index is 0.526. The van der Waals surface area contributed by atoms with Gasteiger partial charge in [-0.3, -0.25) is 0 Å². The average molecular weight is 214 g/mol. The summed E-state index contributed by atoms with van der Waals surface area (Å²) in [5.74, 6) is 0. The average Bonchev–Trinajstić information content (AvgIpc) is 2.62. The second-order valence-electron chi connectivity index (χ2n) is 3.55. The number of hydrogen-bond acceptors (Lipinski definition) is 5. The van der Waals surface area contributed by atoms with Crippen LogP contribution < -0.4 is 10.6 Å². The molecule has 0 aliphatic heterocycles. The van der Waals surface area contributed by atoms with Crippen LogP contribution in [0, 0.1) is 0 Å². The highest BCUT2D eigenvalue weighted by molar-refractivity contribution is 7.13. The van der Waals surface area contributed by atoms with Gasteiger partial charge in [-0.2, -0.15) is 0 Å². The van der Waals surface area contributed by atoms with Crippen LogP contribution in [0.5, 0.6) is 0 Å². The Kier molecular flexibility index (Phi) is 4.31. The quantitative estimate of drug-likeness (QED) is 0.779. The lowest BCUT2D eigenvalue weighted by molar-refractivity contribution is 0.416. The lowest BCUT2D eigenvalue weighted by Crippen LogP contribution is -2.28. The predicted octanol–water partition coefficient (Wildman–Crippen LogP) is 0.600. The van der Waals surface area contributed by atoms with E-state index in [2.05, 4.69) is 35.9 Å². The summed E-state index contributed by atoms with van der Waals surface area (Å²) < 4.78 is 0. The van der Waals surface area contributed by atoms with Gasteiger partial charge in [0.15, 0.2) is 5.13 Å². The summed E-state index contributed by atoms with van der Waals surface area (Å²) in [4.78, 5) is 8.72. The summed E-state index contributed by atoms with van der Waals surface area (Å²) in [6, 6.07) is 0. The highest BCUT2D eigenvalue weighted by atomic mass is 32.1. The maximum Gasteiger partial charge on any atom is 0.185 e. The number of nitrogens with two attached hydrogens (primary N) is 1. The third-order valence-electron chi connectivity index (χ3n) is 1.96. The van der Waals surface area contributed by atoms with Crippen molar-refractivity contribution in [3.05, 3.63) is 11.1 Å². The molecule has 0 atom stereocenters. The van der Waals surface area contributed by atoms with Crippen molar-refractivity contribution in [3.63, 3.8) is 0 Å². The molecule has 0 radical (unpaired) electrons. The zero-order chi connectivity index (χ0) is 10.6. The first-order valence-corrected chi connectivity index (χ1v) is 5.51. The summed E-state index contributed by atoms with van der Waals surface area (Å²) in [6.45, 7) is 2.55. The van der Waals surface area contributed by atoms with E-state index in [0.29, 0.717) is 6.54 Å². The van der Waals surface area contributed by atoms with Crippen molar-refractivity contribution < 1.29 is 0 Å². The number of rotatable bonds is 5. The minimum absolute atomic E-state index is 0.526. The van der Waals surface area contributed by atoms with Gasteiger partial charge < -0.3 is 15.5 Å². The van der Waals surface area contributed by atoms with Crippen molar-refractivity contribution in [2.24, 2.45) is 5.73 Å². The molecule has 0 bridgehead atoms. The van der Waals surface area contributed by atoms with Crippen LogP contribution in [0.1, 0.15) is 5.69 Å². The lowest BCUT2D eigenvalue weighted by Gasteiger charge is -2.18. The van der Waals surface area contributed by atoms with Crippen LogP contribution in [0.25, 0.3) is 0 Å².